The molecule has 2 aromatic heterocycles. The van der Waals surface area contributed by atoms with Gasteiger partial charge in [-0.3, -0.25) is 4.79 Å². The lowest BCUT2D eigenvalue weighted by atomic mass is 10.1. The van der Waals surface area contributed by atoms with Gasteiger partial charge in [-0.15, -0.1) is 11.3 Å². The summed E-state index contributed by atoms with van der Waals surface area (Å²) in [7, 11) is 2.07. The van der Waals surface area contributed by atoms with Gasteiger partial charge in [-0.25, -0.2) is 9.97 Å². The molecule has 0 bridgehead atoms. The number of hydrogen-bond donors (Lipinski definition) is 2. The van der Waals surface area contributed by atoms with Crippen molar-refractivity contribution in [1.29, 1.82) is 0 Å². The lowest BCUT2D eigenvalue weighted by Crippen LogP contribution is -2.47. The number of rotatable bonds is 5. The molecule has 1 saturated heterocycles. The number of nitrogens with one attached hydrogen (secondary N) is 2. The normalized spacial score (nSPS) is 14.4. The number of nitrogens with zero attached hydrogens (tertiary/aromatic N) is 5. The number of likely N-dealkylation sites (N-methyl/N-ethyl adjacent to an activating group) is 1. The van der Waals surface area contributed by atoms with E-state index in [9.17, 15) is 4.79 Å². The van der Waals surface area contributed by atoms with Gasteiger partial charge in [0.05, 0.1) is 21.9 Å². The van der Waals surface area contributed by atoms with E-state index in [0.717, 1.165) is 47.8 Å². The molecule has 4 aromatic rings. The number of fused-ring (bicyclic) bond motifs is 1. The molecule has 33 heavy (non-hydrogen) atoms. The Bertz CT molecular complexity index is 1300. The molecular formula is C23H22ClN7OS. The van der Waals surface area contributed by atoms with Crippen LogP contribution in [0.25, 0.3) is 10.2 Å². The van der Waals surface area contributed by atoms with Gasteiger partial charge in [0.25, 0.3) is 5.91 Å². The topological polar surface area (TPSA) is 86.3 Å². The number of aromatic nitrogens is 3. The highest BCUT2D eigenvalue weighted by molar-refractivity contribution is 7.16. The summed E-state index contributed by atoms with van der Waals surface area (Å²) >= 11 is 7.90. The van der Waals surface area contributed by atoms with E-state index in [4.69, 9.17) is 11.6 Å². The Labute approximate surface area is 200 Å². The number of anilines is 4. The summed E-state index contributed by atoms with van der Waals surface area (Å²) in [4.78, 5) is 30.1. The summed E-state index contributed by atoms with van der Waals surface area (Å²) < 4.78 is 1.07. The fourth-order valence-electron chi connectivity index (χ4n) is 3.64. The Hall–Kier alpha value is -3.27. The predicted molar refractivity (Wildman–Crippen MR) is 133 cm³/mol. The summed E-state index contributed by atoms with van der Waals surface area (Å²) in [5.74, 6) is 0.900. The molecule has 0 aliphatic carbocycles. The Kier molecular flexibility index (Phi) is 6.08. The zero-order valence-corrected chi connectivity index (χ0v) is 19.5. The van der Waals surface area contributed by atoms with E-state index >= 15 is 0 Å². The summed E-state index contributed by atoms with van der Waals surface area (Å²) in [6.45, 7) is 3.23. The fourth-order valence-corrected chi connectivity index (χ4v) is 4.49. The molecule has 0 radical (unpaired) electrons. The minimum absolute atomic E-state index is 0.0320. The third-order valence-corrected chi connectivity index (χ3v) is 6.56. The maximum atomic E-state index is 12.9. The summed E-state index contributed by atoms with van der Waals surface area (Å²) in [6, 6.07) is 13.3. The maximum absolute atomic E-state index is 12.9. The number of thiazole rings is 1. The molecule has 1 aliphatic heterocycles. The van der Waals surface area contributed by atoms with Crippen molar-refractivity contribution in [2.75, 3.05) is 43.9 Å². The molecule has 2 aromatic carbocycles. The van der Waals surface area contributed by atoms with Crippen molar-refractivity contribution >= 4 is 62.2 Å². The smallest absolute Gasteiger partial charge is 0.254 e. The van der Waals surface area contributed by atoms with Gasteiger partial charge in [-0.1, -0.05) is 17.7 Å². The Morgan fingerprint density at radius 3 is 2.70 bits per heavy atom. The SMILES string of the molecule is CN1CCN(C(=O)c2cccc(Nc3ncc(Cl)c(Nc4ccc5ncsc5c4)n3)c2)CC1. The van der Waals surface area contributed by atoms with Gasteiger partial charge >= 0.3 is 0 Å². The highest BCUT2D eigenvalue weighted by Crippen LogP contribution is 2.28. The van der Waals surface area contributed by atoms with Gasteiger partial charge in [0.2, 0.25) is 5.95 Å². The van der Waals surface area contributed by atoms with Crippen molar-refractivity contribution in [3.05, 3.63) is 64.8 Å². The van der Waals surface area contributed by atoms with Crippen LogP contribution < -0.4 is 10.6 Å². The molecule has 0 atom stereocenters. The number of halogens is 1. The van der Waals surface area contributed by atoms with E-state index in [1.807, 2.05) is 52.9 Å². The van der Waals surface area contributed by atoms with Crippen LogP contribution in [0.2, 0.25) is 5.02 Å². The first-order chi connectivity index (χ1) is 16.0. The van der Waals surface area contributed by atoms with Crippen LogP contribution >= 0.6 is 22.9 Å². The van der Waals surface area contributed by atoms with Crippen LogP contribution in [0.1, 0.15) is 10.4 Å². The third-order valence-electron chi connectivity index (χ3n) is 5.49. The van der Waals surface area contributed by atoms with Crippen molar-refractivity contribution in [2.24, 2.45) is 0 Å². The first-order valence-electron chi connectivity index (χ1n) is 10.5. The molecule has 2 N–H and O–H groups in total. The molecule has 5 rings (SSSR count). The van der Waals surface area contributed by atoms with Gasteiger partial charge in [0, 0.05) is 43.1 Å². The molecular weight excluding hydrogens is 458 g/mol. The van der Waals surface area contributed by atoms with Crippen LogP contribution in [-0.4, -0.2) is 63.9 Å². The second kappa shape index (κ2) is 9.30. The average molecular weight is 480 g/mol. The van der Waals surface area contributed by atoms with Crippen molar-refractivity contribution < 1.29 is 4.79 Å². The Balaban J connectivity index is 1.32. The summed E-state index contributed by atoms with van der Waals surface area (Å²) in [5, 5.41) is 6.83. The maximum Gasteiger partial charge on any atom is 0.254 e. The van der Waals surface area contributed by atoms with E-state index in [1.165, 1.54) is 0 Å². The quantitative estimate of drug-likeness (QED) is 0.432. The molecule has 0 spiro atoms. The molecule has 168 valence electrons. The minimum Gasteiger partial charge on any atom is -0.339 e. The first-order valence-corrected chi connectivity index (χ1v) is 11.8. The first kappa shape index (κ1) is 21.6. The van der Waals surface area contributed by atoms with E-state index < -0.39 is 0 Å². The third kappa shape index (κ3) is 4.90. The van der Waals surface area contributed by atoms with Gasteiger partial charge in [0.1, 0.15) is 5.02 Å². The van der Waals surface area contributed by atoms with Crippen LogP contribution in [0.5, 0.6) is 0 Å². The number of amides is 1. The lowest BCUT2D eigenvalue weighted by molar-refractivity contribution is 0.0664. The Morgan fingerprint density at radius 1 is 1.03 bits per heavy atom. The number of benzene rings is 2. The van der Waals surface area contributed by atoms with Gasteiger partial charge in [-0.2, -0.15) is 4.98 Å². The van der Waals surface area contributed by atoms with Crippen molar-refractivity contribution in [3.8, 4) is 0 Å². The van der Waals surface area contributed by atoms with Crippen LogP contribution in [0.4, 0.5) is 23.1 Å². The van der Waals surface area contributed by atoms with Crippen LogP contribution in [0, 0.1) is 0 Å². The minimum atomic E-state index is 0.0320. The lowest BCUT2D eigenvalue weighted by Gasteiger charge is -2.32. The molecule has 1 amide bonds. The Morgan fingerprint density at radius 2 is 1.85 bits per heavy atom. The van der Waals surface area contributed by atoms with Crippen molar-refractivity contribution in [3.63, 3.8) is 0 Å². The second-order valence-corrected chi connectivity index (χ2v) is 9.14. The molecule has 0 saturated carbocycles. The standard InChI is InChI=1S/C23H22ClN7OS/c1-30-7-9-31(10-8-30)22(32)15-3-2-4-16(11-15)28-23-25-13-18(24)21(29-23)27-17-5-6-19-20(12-17)33-14-26-19/h2-6,11-14H,7-10H2,1H3,(H2,25,27,28,29). The number of piperazine rings is 1. The van der Waals surface area contributed by atoms with E-state index in [2.05, 4.69) is 37.5 Å². The number of carbonyl (C=O) groups is 1. The van der Waals surface area contributed by atoms with Gasteiger partial charge in [-0.05, 0) is 43.4 Å². The van der Waals surface area contributed by atoms with Gasteiger partial charge in [0.15, 0.2) is 5.82 Å². The molecule has 8 nitrogen and oxygen atoms in total. The predicted octanol–water partition coefficient (Wildman–Crippen LogP) is 4.61. The highest BCUT2D eigenvalue weighted by Gasteiger charge is 2.20. The monoisotopic (exact) mass is 479 g/mol. The zero-order valence-electron chi connectivity index (χ0n) is 18.0. The number of carbonyl (C=O) groups excluding carboxylic acids is 1. The summed E-state index contributed by atoms with van der Waals surface area (Å²) in [6.07, 6.45) is 1.55. The number of hydrogen-bond acceptors (Lipinski definition) is 8. The molecule has 1 aliphatic rings. The largest absolute Gasteiger partial charge is 0.339 e. The van der Waals surface area contributed by atoms with E-state index in [0.29, 0.717) is 22.4 Å². The van der Waals surface area contributed by atoms with E-state index in [1.54, 1.807) is 17.5 Å². The second-order valence-electron chi connectivity index (χ2n) is 7.85. The van der Waals surface area contributed by atoms with E-state index in [-0.39, 0.29) is 5.91 Å². The van der Waals surface area contributed by atoms with Crippen LogP contribution in [-0.2, 0) is 0 Å². The molecule has 1 fully saturated rings. The fraction of sp³-hybridized carbons (Fsp3) is 0.217. The average Bonchev–Trinajstić information content (AvgIpc) is 3.29. The molecule has 3 heterocycles. The van der Waals surface area contributed by atoms with Crippen molar-refractivity contribution in [2.45, 2.75) is 0 Å². The van der Waals surface area contributed by atoms with Gasteiger partial charge < -0.3 is 20.4 Å². The highest BCUT2D eigenvalue weighted by atomic mass is 35.5. The van der Waals surface area contributed by atoms with Crippen LogP contribution in [0.15, 0.2) is 54.2 Å². The zero-order chi connectivity index (χ0) is 22.8. The van der Waals surface area contributed by atoms with Crippen LogP contribution in [0.3, 0.4) is 0 Å². The molecule has 10 heteroatoms. The molecule has 0 unspecified atom stereocenters. The van der Waals surface area contributed by atoms with Crippen molar-refractivity contribution in [1.82, 2.24) is 24.8 Å². The summed E-state index contributed by atoms with van der Waals surface area (Å²) in [5.41, 5.74) is 4.99.